The van der Waals surface area contributed by atoms with Crippen molar-refractivity contribution < 1.29 is 18.3 Å². The van der Waals surface area contributed by atoms with Gasteiger partial charge in [-0.1, -0.05) is 41.7 Å². The van der Waals surface area contributed by atoms with Gasteiger partial charge in [0.05, 0.1) is 16.8 Å². The fourth-order valence-electron chi connectivity index (χ4n) is 2.47. The fraction of sp³-hybridized carbons (Fsp3) is 0.158. The third-order valence-electron chi connectivity index (χ3n) is 3.64. The Morgan fingerprint density at radius 1 is 1.27 bits per heavy atom. The van der Waals surface area contributed by atoms with Crippen LogP contribution in [0.4, 0.5) is 8.78 Å². The first-order chi connectivity index (χ1) is 12.6. The Kier molecular flexibility index (Phi) is 5.70. The van der Waals surface area contributed by atoms with Crippen LogP contribution in [0.15, 0.2) is 53.5 Å². The maximum Gasteiger partial charge on any atom is 0.272 e. The summed E-state index contributed by atoms with van der Waals surface area (Å²) in [5, 5.41) is 0. The molecule has 3 rings (SSSR count). The van der Waals surface area contributed by atoms with Crippen LogP contribution in [0, 0.1) is 11.6 Å². The van der Waals surface area contributed by atoms with E-state index >= 15 is 0 Å². The molecule has 134 valence electrons. The van der Waals surface area contributed by atoms with Gasteiger partial charge in [0, 0.05) is 25.8 Å². The summed E-state index contributed by atoms with van der Waals surface area (Å²) in [4.78, 5) is 16.5. The van der Waals surface area contributed by atoms with E-state index in [0.717, 1.165) is 23.0 Å². The first-order valence-electron chi connectivity index (χ1n) is 7.87. The lowest BCUT2D eigenvalue weighted by Crippen LogP contribution is -2.19. The van der Waals surface area contributed by atoms with Crippen LogP contribution in [0.25, 0.3) is 16.3 Å². The third-order valence-corrected chi connectivity index (χ3v) is 4.66. The van der Waals surface area contributed by atoms with Crippen LogP contribution >= 0.6 is 11.3 Å². The summed E-state index contributed by atoms with van der Waals surface area (Å²) in [6, 6.07) is 11.4. The molecule has 2 aromatic carbocycles. The standard InChI is InChI=1S/C19H16F2N2O2S/c1-25-10-9-23-18-15(21)11-14(20)12-16(18)26-19(23)22-17(24)8-7-13-5-3-2-4-6-13/h2-8,11-12H,9-10H2,1H3/b8-7+,22-19?. The zero-order valence-electron chi connectivity index (χ0n) is 14.0. The number of methoxy groups -OCH3 is 1. The summed E-state index contributed by atoms with van der Waals surface area (Å²) in [5.74, 6) is -1.84. The van der Waals surface area contributed by atoms with Crippen LogP contribution in [-0.4, -0.2) is 24.2 Å². The predicted octanol–water partition coefficient (Wildman–Crippen LogP) is 3.77. The molecule has 0 saturated heterocycles. The second kappa shape index (κ2) is 8.16. The first kappa shape index (κ1) is 18.2. The molecule has 1 heterocycles. The molecule has 3 aromatic rings. The van der Waals surface area contributed by atoms with Gasteiger partial charge in [0.25, 0.3) is 5.91 Å². The van der Waals surface area contributed by atoms with E-state index < -0.39 is 17.5 Å². The average Bonchev–Trinajstić information content (AvgIpc) is 2.96. The van der Waals surface area contributed by atoms with Gasteiger partial charge in [0.2, 0.25) is 0 Å². The molecule has 0 unspecified atom stereocenters. The van der Waals surface area contributed by atoms with Crippen molar-refractivity contribution in [1.82, 2.24) is 4.57 Å². The van der Waals surface area contributed by atoms with Crippen LogP contribution in [0.1, 0.15) is 5.56 Å². The predicted molar refractivity (Wildman–Crippen MR) is 97.7 cm³/mol. The normalized spacial score (nSPS) is 12.3. The van der Waals surface area contributed by atoms with Crippen molar-refractivity contribution >= 4 is 33.5 Å². The van der Waals surface area contributed by atoms with E-state index in [1.165, 1.54) is 23.8 Å². The molecule has 4 nitrogen and oxygen atoms in total. The maximum atomic E-state index is 14.2. The fourth-order valence-corrected chi connectivity index (χ4v) is 3.57. The average molecular weight is 374 g/mol. The van der Waals surface area contributed by atoms with Crippen molar-refractivity contribution in [1.29, 1.82) is 0 Å². The number of carbonyl (C=O) groups excluding carboxylic acids is 1. The number of hydrogen-bond acceptors (Lipinski definition) is 3. The van der Waals surface area contributed by atoms with Gasteiger partial charge in [-0.3, -0.25) is 4.79 Å². The number of benzene rings is 2. The Labute approximate surface area is 152 Å². The highest BCUT2D eigenvalue weighted by Gasteiger charge is 2.13. The second-order valence-corrected chi connectivity index (χ2v) is 6.47. The highest BCUT2D eigenvalue weighted by Crippen LogP contribution is 2.22. The molecule has 0 fully saturated rings. The molecule has 1 aromatic heterocycles. The number of aromatic nitrogens is 1. The Morgan fingerprint density at radius 3 is 2.77 bits per heavy atom. The van der Waals surface area contributed by atoms with Crippen molar-refractivity contribution in [3.8, 4) is 0 Å². The molecule has 0 radical (unpaired) electrons. The molecule has 0 spiro atoms. The van der Waals surface area contributed by atoms with Gasteiger partial charge in [0.15, 0.2) is 10.6 Å². The van der Waals surface area contributed by atoms with Crippen molar-refractivity contribution in [2.24, 2.45) is 4.99 Å². The van der Waals surface area contributed by atoms with Gasteiger partial charge in [0.1, 0.15) is 5.82 Å². The van der Waals surface area contributed by atoms with Crippen molar-refractivity contribution in [3.05, 3.63) is 70.5 Å². The van der Waals surface area contributed by atoms with Crippen molar-refractivity contribution in [2.45, 2.75) is 6.54 Å². The minimum absolute atomic E-state index is 0.215. The first-order valence-corrected chi connectivity index (χ1v) is 8.69. The van der Waals surface area contributed by atoms with E-state index in [2.05, 4.69) is 4.99 Å². The summed E-state index contributed by atoms with van der Waals surface area (Å²) in [6.07, 6.45) is 3.00. The number of thiazole rings is 1. The number of amides is 1. The zero-order chi connectivity index (χ0) is 18.5. The molecule has 0 aliphatic rings. The topological polar surface area (TPSA) is 43.6 Å². The lowest BCUT2D eigenvalue weighted by molar-refractivity contribution is -0.113. The molecule has 0 bridgehead atoms. The molecule has 7 heteroatoms. The van der Waals surface area contributed by atoms with Gasteiger partial charge in [-0.05, 0) is 17.7 Å². The van der Waals surface area contributed by atoms with Crippen molar-refractivity contribution in [2.75, 3.05) is 13.7 Å². The van der Waals surface area contributed by atoms with Crippen LogP contribution in [0.5, 0.6) is 0 Å². The molecule has 0 saturated carbocycles. The van der Waals surface area contributed by atoms with Gasteiger partial charge in [-0.2, -0.15) is 4.99 Å². The van der Waals surface area contributed by atoms with Crippen LogP contribution in [0.3, 0.4) is 0 Å². The van der Waals surface area contributed by atoms with Crippen LogP contribution in [-0.2, 0) is 16.1 Å². The molecule has 0 aliphatic heterocycles. The third kappa shape index (κ3) is 4.12. The second-order valence-electron chi connectivity index (χ2n) is 5.46. The molecular formula is C19H16F2N2O2S. The highest BCUT2D eigenvalue weighted by atomic mass is 32.1. The Morgan fingerprint density at radius 2 is 2.04 bits per heavy atom. The van der Waals surface area contributed by atoms with Gasteiger partial charge < -0.3 is 9.30 Å². The summed E-state index contributed by atoms with van der Waals surface area (Å²) >= 11 is 1.06. The van der Waals surface area contributed by atoms with Gasteiger partial charge in [-0.25, -0.2) is 8.78 Å². The lowest BCUT2D eigenvalue weighted by atomic mass is 10.2. The number of fused-ring (bicyclic) bond motifs is 1. The highest BCUT2D eigenvalue weighted by molar-refractivity contribution is 7.16. The van der Waals surface area contributed by atoms with Crippen LogP contribution < -0.4 is 4.80 Å². The minimum atomic E-state index is -0.693. The maximum absolute atomic E-state index is 14.2. The number of nitrogens with zero attached hydrogens (tertiary/aromatic N) is 2. The summed E-state index contributed by atoms with van der Waals surface area (Å²) in [6.45, 7) is 0.609. The number of carbonyl (C=O) groups is 1. The summed E-state index contributed by atoms with van der Waals surface area (Å²) in [7, 11) is 1.52. The van der Waals surface area contributed by atoms with Gasteiger partial charge in [-0.15, -0.1) is 0 Å². The largest absolute Gasteiger partial charge is 0.383 e. The molecule has 26 heavy (non-hydrogen) atoms. The van der Waals surface area contributed by atoms with E-state index in [-0.39, 0.29) is 5.52 Å². The zero-order valence-corrected chi connectivity index (χ0v) is 14.8. The van der Waals surface area contributed by atoms with E-state index in [0.29, 0.717) is 22.7 Å². The Balaban J connectivity index is 2.02. The Hall–Kier alpha value is -2.64. The minimum Gasteiger partial charge on any atom is -0.383 e. The quantitative estimate of drug-likeness (QED) is 0.638. The molecular weight excluding hydrogens is 358 g/mol. The van der Waals surface area contributed by atoms with E-state index in [4.69, 9.17) is 4.74 Å². The molecule has 0 N–H and O–H groups in total. The monoisotopic (exact) mass is 374 g/mol. The SMILES string of the molecule is COCCn1c(=NC(=O)/C=C/c2ccccc2)sc2cc(F)cc(F)c21. The van der Waals surface area contributed by atoms with E-state index in [9.17, 15) is 13.6 Å². The number of rotatable bonds is 5. The van der Waals surface area contributed by atoms with Gasteiger partial charge >= 0.3 is 0 Å². The van der Waals surface area contributed by atoms with E-state index in [1.54, 1.807) is 6.08 Å². The summed E-state index contributed by atoms with van der Waals surface area (Å²) in [5.41, 5.74) is 1.08. The number of halogens is 2. The Bertz CT molecular complexity index is 1020. The number of ether oxygens (including phenoxy) is 1. The summed E-state index contributed by atoms with van der Waals surface area (Å²) < 4.78 is 34.7. The molecule has 0 atom stereocenters. The molecule has 0 aliphatic carbocycles. The van der Waals surface area contributed by atoms with E-state index in [1.807, 2.05) is 30.3 Å². The number of hydrogen-bond donors (Lipinski definition) is 0. The molecule has 1 amide bonds. The smallest absolute Gasteiger partial charge is 0.272 e. The van der Waals surface area contributed by atoms with Crippen LogP contribution in [0.2, 0.25) is 0 Å². The lowest BCUT2D eigenvalue weighted by Gasteiger charge is -2.04. The van der Waals surface area contributed by atoms with Crippen molar-refractivity contribution in [3.63, 3.8) is 0 Å².